The molecule has 1 heteroatoms. The number of rotatable bonds is 5. The van der Waals surface area contributed by atoms with Crippen LogP contribution in [0.2, 0.25) is 0 Å². The van der Waals surface area contributed by atoms with Crippen LogP contribution in [-0.2, 0) is 0 Å². The second-order valence-corrected chi connectivity index (χ2v) is 7.79. The molecule has 2 saturated carbocycles. The monoisotopic (exact) mass is 362 g/mol. The molecule has 2 rings (SSSR count). The lowest BCUT2D eigenvalue weighted by molar-refractivity contribution is 0.221. The first kappa shape index (κ1) is 15.1. The zero-order valence-electron chi connectivity index (χ0n) is 12.2. The molecule has 106 valence electrons. The van der Waals surface area contributed by atoms with Gasteiger partial charge in [0.05, 0.1) is 0 Å². The van der Waals surface area contributed by atoms with Gasteiger partial charge in [-0.1, -0.05) is 87.3 Å². The summed E-state index contributed by atoms with van der Waals surface area (Å²) in [4.78, 5) is 0. The minimum atomic E-state index is 1.06. The summed E-state index contributed by atoms with van der Waals surface area (Å²) >= 11 is 2.58. The Hall–Kier alpha value is 0.730. The summed E-state index contributed by atoms with van der Waals surface area (Å²) < 4.78 is 1.39. The van der Waals surface area contributed by atoms with Crippen LogP contribution < -0.4 is 0 Å². The lowest BCUT2D eigenvalue weighted by Gasteiger charge is -2.31. The van der Waals surface area contributed by atoms with Crippen molar-refractivity contribution in [1.82, 2.24) is 0 Å². The predicted molar refractivity (Wildman–Crippen MR) is 89.3 cm³/mol. The number of hydrogen-bond acceptors (Lipinski definition) is 0. The van der Waals surface area contributed by atoms with Crippen LogP contribution in [0.3, 0.4) is 0 Å². The Kier molecular flexibility index (Phi) is 6.82. The Balaban J connectivity index is 1.58. The van der Waals surface area contributed by atoms with E-state index in [1.54, 1.807) is 25.7 Å². The van der Waals surface area contributed by atoms with Gasteiger partial charge >= 0.3 is 0 Å². The summed E-state index contributed by atoms with van der Waals surface area (Å²) in [6.45, 7) is 2.37. The maximum atomic E-state index is 2.58. The standard InChI is InChI=1S/C17H31I/c1-2-14-3-5-15(6-4-14)7-8-16-9-11-17(13-18)12-10-16/h14-17H,2-13H2,1H3. The second kappa shape index (κ2) is 8.11. The van der Waals surface area contributed by atoms with Crippen LogP contribution in [0.15, 0.2) is 0 Å². The van der Waals surface area contributed by atoms with Crippen molar-refractivity contribution in [2.24, 2.45) is 23.7 Å². The van der Waals surface area contributed by atoms with E-state index in [9.17, 15) is 0 Å². The summed E-state index contributed by atoms with van der Waals surface area (Å²) in [7, 11) is 0. The first-order valence-corrected chi connectivity index (χ1v) is 9.90. The molecular weight excluding hydrogens is 331 g/mol. The third-order valence-electron chi connectivity index (χ3n) is 5.71. The van der Waals surface area contributed by atoms with Crippen molar-refractivity contribution in [3.8, 4) is 0 Å². The highest BCUT2D eigenvalue weighted by Gasteiger charge is 2.23. The molecular formula is C17H31I. The minimum Gasteiger partial charge on any atom is -0.0861 e. The Morgan fingerprint density at radius 3 is 1.44 bits per heavy atom. The van der Waals surface area contributed by atoms with Gasteiger partial charge in [0.15, 0.2) is 0 Å². The largest absolute Gasteiger partial charge is 0.0861 e. The molecule has 18 heavy (non-hydrogen) atoms. The van der Waals surface area contributed by atoms with Gasteiger partial charge in [0.25, 0.3) is 0 Å². The summed E-state index contributed by atoms with van der Waals surface area (Å²) in [5.41, 5.74) is 0. The van der Waals surface area contributed by atoms with Crippen LogP contribution in [-0.4, -0.2) is 4.43 Å². The van der Waals surface area contributed by atoms with Gasteiger partial charge in [0.2, 0.25) is 0 Å². The zero-order valence-corrected chi connectivity index (χ0v) is 14.3. The predicted octanol–water partition coefficient (Wildman–Crippen LogP) is 6.22. The lowest BCUT2D eigenvalue weighted by atomic mass is 9.75. The molecule has 0 bridgehead atoms. The average molecular weight is 362 g/mol. The molecule has 0 aromatic carbocycles. The third-order valence-corrected chi connectivity index (χ3v) is 6.96. The lowest BCUT2D eigenvalue weighted by Crippen LogP contribution is -2.18. The van der Waals surface area contributed by atoms with E-state index in [0.29, 0.717) is 0 Å². The van der Waals surface area contributed by atoms with Gasteiger partial charge in [0.1, 0.15) is 0 Å². The van der Waals surface area contributed by atoms with Crippen LogP contribution >= 0.6 is 22.6 Å². The van der Waals surface area contributed by atoms with Crippen LogP contribution in [0, 0.1) is 23.7 Å². The number of hydrogen-bond donors (Lipinski definition) is 0. The molecule has 2 aliphatic rings. The van der Waals surface area contributed by atoms with E-state index in [-0.39, 0.29) is 0 Å². The average Bonchev–Trinajstić information content (AvgIpc) is 2.46. The molecule has 2 fully saturated rings. The molecule has 0 aromatic heterocycles. The molecule has 0 radical (unpaired) electrons. The molecule has 0 saturated heterocycles. The van der Waals surface area contributed by atoms with E-state index in [0.717, 1.165) is 23.7 Å². The van der Waals surface area contributed by atoms with Gasteiger partial charge in [-0.15, -0.1) is 0 Å². The van der Waals surface area contributed by atoms with Gasteiger partial charge in [-0.2, -0.15) is 0 Å². The Labute approximate surface area is 128 Å². The van der Waals surface area contributed by atoms with Crippen molar-refractivity contribution in [2.75, 3.05) is 4.43 Å². The third kappa shape index (κ3) is 4.68. The molecule has 0 N–H and O–H groups in total. The van der Waals surface area contributed by atoms with E-state index in [2.05, 4.69) is 29.5 Å². The highest BCUT2D eigenvalue weighted by atomic mass is 127. The number of alkyl halides is 1. The van der Waals surface area contributed by atoms with E-state index >= 15 is 0 Å². The Bertz CT molecular complexity index is 186. The maximum Gasteiger partial charge on any atom is 0.00237 e. The van der Waals surface area contributed by atoms with Crippen molar-refractivity contribution in [2.45, 2.75) is 77.6 Å². The van der Waals surface area contributed by atoms with Gasteiger partial charge in [0, 0.05) is 4.43 Å². The molecule has 0 spiro atoms. The second-order valence-electron chi connectivity index (χ2n) is 6.91. The minimum absolute atomic E-state index is 1.06. The summed E-state index contributed by atoms with van der Waals surface area (Å²) in [5.74, 6) is 4.31. The van der Waals surface area contributed by atoms with E-state index < -0.39 is 0 Å². The van der Waals surface area contributed by atoms with Crippen LogP contribution in [0.25, 0.3) is 0 Å². The highest BCUT2D eigenvalue weighted by Crippen LogP contribution is 2.37. The van der Waals surface area contributed by atoms with Crippen molar-refractivity contribution in [3.63, 3.8) is 0 Å². The van der Waals surface area contributed by atoms with Gasteiger partial charge in [-0.05, 0) is 36.5 Å². The molecule has 0 aliphatic heterocycles. The van der Waals surface area contributed by atoms with Gasteiger partial charge < -0.3 is 0 Å². The van der Waals surface area contributed by atoms with Gasteiger partial charge in [-0.3, -0.25) is 0 Å². The molecule has 0 unspecified atom stereocenters. The van der Waals surface area contributed by atoms with Gasteiger partial charge in [-0.25, -0.2) is 0 Å². The summed E-state index contributed by atoms with van der Waals surface area (Å²) in [6.07, 6.45) is 16.8. The van der Waals surface area contributed by atoms with E-state index in [1.165, 1.54) is 49.4 Å². The molecule has 0 heterocycles. The Morgan fingerprint density at radius 1 is 0.667 bits per heavy atom. The van der Waals surface area contributed by atoms with E-state index in [4.69, 9.17) is 0 Å². The quantitative estimate of drug-likeness (QED) is 0.402. The first-order valence-electron chi connectivity index (χ1n) is 8.37. The normalized spacial score (nSPS) is 37.7. The fourth-order valence-electron chi connectivity index (χ4n) is 4.07. The fourth-order valence-corrected chi connectivity index (χ4v) is 4.96. The summed E-state index contributed by atoms with van der Waals surface area (Å²) in [5, 5.41) is 0. The van der Waals surface area contributed by atoms with Crippen molar-refractivity contribution in [1.29, 1.82) is 0 Å². The molecule has 0 amide bonds. The maximum absolute atomic E-state index is 2.58. The molecule has 0 aromatic rings. The SMILES string of the molecule is CCC1CCC(CCC2CCC(CI)CC2)CC1. The Morgan fingerprint density at radius 2 is 1.06 bits per heavy atom. The van der Waals surface area contributed by atoms with Crippen LogP contribution in [0.4, 0.5) is 0 Å². The summed E-state index contributed by atoms with van der Waals surface area (Å²) in [6, 6.07) is 0. The first-order chi connectivity index (χ1) is 8.81. The van der Waals surface area contributed by atoms with Crippen LogP contribution in [0.5, 0.6) is 0 Å². The fraction of sp³-hybridized carbons (Fsp3) is 1.00. The number of halogens is 1. The van der Waals surface area contributed by atoms with E-state index in [1.807, 2.05) is 0 Å². The van der Waals surface area contributed by atoms with Crippen molar-refractivity contribution < 1.29 is 0 Å². The zero-order chi connectivity index (χ0) is 12.8. The molecule has 0 atom stereocenters. The van der Waals surface area contributed by atoms with Crippen molar-refractivity contribution in [3.05, 3.63) is 0 Å². The smallest absolute Gasteiger partial charge is 0.00237 e. The van der Waals surface area contributed by atoms with Crippen molar-refractivity contribution >= 4 is 22.6 Å². The highest BCUT2D eigenvalue weighted by molar-refractivity contribution is 14.1. The topological polar surface area (TPSA) is 0 Å². The van der Waals surface area contributed by atoms with Crippen LogP contribution in [0.1, 0.15) is 77.6 Å². The molecule has 0 nitrogen and oxygen atoms in total. The molecule has 2 aliphatic carbocycles.